The molecule has 0 unspecified atom stereocenters. The van der Waals surface area contributed by atoms with Gasteiger partial charge in [-0.2, -0.15) is 0 Å². The molecule has 1 heterocycles. The third-order valence-corrected chi connectivity index (χ3v) is 2.04. The topological polar surface area (TPSA) is 172 Å². The Bertz CT molecular complexity index is 282. The van der Waals surface area contributed by atoms with Crippen LogP contribution in [0.25, 0.3) is 0 Å². The molecule has 9 heteroatoms. The summed E-state index contributed by atoms with van der Waals surface area (Å²) < 4.78 is 0. The van der Waals surface area contributed by atoms with Gasteiger partial charge in [0.25, 0.3) is 0 Å². The zero-order valence-corrected chi connectivity index (χ0v) is 8.65. The Labute approximate surface area is 95.3 Å². The summed E-state index contributed by atoms with van der Waals surface area (Å²) in [5, 5.41) is 44.2. The van der Waals surface area contributed by atoms with Gasteiger partial charge in [0, 0.05) is 0 Å². The third-order valence-electron chi connectivity index (χ3n) is 2.04. The number of hydrogen-bond donors (Lipinski definition) is 5. The zero-order chi connectivity index (χ0) is 13.6. The molecule has 0 aromatic heterocycles. The van der Waals surface area contributed by atoms with Crippen molar-refractivity contribution in [3.63, 3.8) is 0 Å². The monoisotopic (exact) mass is 251 g/mol. The van der Waals surface area contributed by atoms with E-state index >= 15 is 0 Å². The first kappa shape index (κ1) is 15.3. The van der Waals surface area contributed by atoms with Crippen molar-refractivity contribution in [1.29, 1.82) is 0 Å². The van der Waals surface area contributed by atoms with E-state index in [4.69, 9.17) is 20.4 Å². The number of aliphatic hydroxyl groups excluding tert-OH is 2. The van der Waals surface area contributed by atoms with Crippen LogP contribution in [0.5, 0.6) is 0 Å². The molecule has 0 aromatic carbocycles. The van der Waals surface area contributed by atoms with Crippen molar-refractivity contribution in [2.24, 2.45) is 0 Å². The van der Waals surface area contributed by atoms with Crippen LogP contribution in [0.1, 0.15) is 6.42 Å². The lowest BCUT2D eigenvalue weighted by Crippen LogP contribution is -3.00. The molecule has 1 aliphatic heterocycles. The molecule has 1 fully saturated rings. The second kappa shape index (κ2) is 6.78. The maximum Gasteiger partial charge on any atom is 0.362 e. The Morgan fingerprint density at radius 1 is 1.18 bits per heavy atom. The van der Waals surface area contributed by atoms with Crippen molar-refractivity contribution in [2.45, 2.75) is 24.7 Å². The number of carbonyl (C=O) groups excluding carboxylic acids is 1. The van der Waals surface area contributed by atoms with Crippen molar-refractivity contribution >= 4 is 17.9 Å². The Hall–Kier alpha value is -1.71. The van der Waals surface area contributed by atoms with E-state index in [-0.39, 0.29) is 6.04 Å². The molecular weight excluding hydrogens is 238 g/mol. The average molecular weight is 251 g/mol. The Morgan fingerprint density at radius 3 is 1.71 bits per heavy atom. The van der Waals surface area contributed by atoms with E-state index in [2.05, 4.69) is 0 Å². The largest absolute Gasteiger partial charge is 0.547 e. The van der Waals surface area contributed by atoms with E-state index in [0.717, 1.165) is 13.0 Å². The van der Waals surface area contributed by atoms with Crippen LogP contribution in [0.2, 0.25) is 0 Å². The van der Waals surface area contributed by atoms with Crippen LogP contribution in [0, 0.1) is 0 Å². The van der Waals surface area contributed by atoms with E-state index in [9.17, 15) is 19.5 Å². The normalized spacial score (nSPS) is 21.2. The fourth-order valence-corrected chi connectivity index (χ4v) is 0.822. The zero-order valence-electron chi connectivity index (χ0n) is 8.65. The fourth-order valence-electron chi connectivity index (χ4n) is 0.822. The predicted octanol–water partition coefficient (Wildman–Crippen LogP) is -5.05. The first-order chi connectivity index (χ1) is 7.77. The molecule has 0 radical (unpaired) electrons. The van der Waals surface area contributed by atoms with Crippen molar-refractivity contribution in [2.75, 3.05) is 6.54 Å². The van der Waals surface area contributed by atoms with Crippen LogP contribution in [-0.4, -0.2) is 63.1 Å². The number of carbonyl (C=O) groups is 3. The number of aliphatic carboxylic acids is 3. The molecule has 0 spiro atoms. The molecule has 0 bridgehead atoms. The fraction of sp³-hybridized carbons (Fsp3) is 0.625. The van der Waals surface area contributed by atoms with Gasteiger partial charge in [0.2, 0.25) is 0 Å². The second-order valence-electron chi connectivity index (χ2n) is 3.30. The Morgan fingerprint density at radius 2 is 1.65 bits per heavy atom. The van der Waals surface area contributed by atoms with Crippen molar-refractivity contribution < 1.29 is 45.2 Å². The van der Waals surface area contributed by atoms with Gasteiger partial charge in [0.1, 0.15) is 6.10 Å². The summed E-state index contributed by atoms with van der Waals surface area (Å²) >= 11 is 0. The van der Waals surface area contributed by atoms with Gasteiger partial charge in [0.15, 0.2) is 12.1 Å². The van der Waals surface area contributed by atoms with Gasteiger partial charge >= 0.3 is 11.9 Å². The van der Waals surface area contributed by atoms with Crippen LogP contribution >= 0.6 is 0 Å². The number of aliphatic hydroxyl groups is 2. The first-order valence-corrected chi connectivity index (χ1v) is 4.63. The van der Waals surface area contributed by atoms with E-state index in [0.29, 0.717) is 0 Å². The molecule has 0 saturated carbocycles. The molecule has 1 saturated heterocycles. The number of nitrogens with two attached hydrogens (primary N) is 1. The van der Waals surface area contributed by atoms with E-state index in [1.807, 2.05) is 5.32 Å². The lowest BCUT2D eigenvalue weighted by atomic mass is 10.1. The third kappa shape index (κ3) is 5.24. The molecule has 1 rings (SSSR count). The molecular formula is C8H13NO8. The van der Waals surface area contributed by atoms with Gasteiger partial charge in [-0.1, -0.05) is 0 Å². The van der Waals surface area contributed by atoms with Crippen LogP contribution < -0.4 is 10.4 Å². The minimum Gasteiger partial charge on any atom is -0.547 e. The van der Waals surface area contributed by atoms with Gasteiger partial charge in [-0.05, 0) is 0 Å². The van der Waals surface area contributed by atoms with Crippen LogP contribution in [0.4, 0.5) is 0 Å². The smallest absolute Gasteiger partial charge is 0.362 e. The standard InChI is InChI=1S/C4H7NO2.C4H6O6/c6-4(7)3-1-2-5-3;5-1(3(7)8)2(6)4(9)10/h3,5H,1-2H2,(H,6,7);1-2,5-6H,(H,7,8)(H,9,10)/t3-;1-,2-/m00/s1. The number of hydrogen-bond acceptors (Lipinski definition) is 6. The summed E-state index contributed by atoms with van der Waals surface area (Å²) in [6, 6.07) is -0.125. The van der Waals surface area contributed by atoms with Gasteiger partial charge < -0.3 is 35.6 Å². The minimum atomic E-state index is -2.38. The molecule has 98 valence electrons. The summed E-state index contributed by atoms with van der Waals surface area (Å²) in [6.07, 6.45) is -3.86. The van der Waals surface area contributed by atoms with Crippen LogP contribution in [0.15, 0.2) is 0 Å². The molecule has 9 nitrogen and oxygen atoms in total. The van der Waals surface area contributed by atoms with Gasteiger partial charge in [-0.15, -0.1) is 0 Å². The molecule has 0 aliphatic carbocycles. The van der Waals surface area contributed by atoms with Crippen molar-refractivity contribution in [1.82, 2.24) is 0 Å². The maximum absolute atomic E-state index is 9.95. The number of rotatable bonds is 4. The highest BCUT2D eigenvalue weighted by Crippen LogP contribution is 1.91. The summed E-state index contributed by atoms with van der Waals surface area (Å²) in [6.45, 7) is 0.983. The minimum absolute atomic E-state index is 0.125. The highest BCUT2D eigenvalue weighted by Gasteiger charge is 2.28. The number of carboxylic acids is 3. The Balaban J connectivity index is 0.000000318. The number of quaternary nitrogens is 1. The lowest BCUT2D eigenvalue weighted by Gasteiger charge is -2.17. The SMILES string of the molecule is O=C(O)[C@@H]1CC[NH2+]1.O=C([O-])[C@@H](O)[C@H](O)C(=O)O. The van der Waals surface area contributed by atoms with Crippen molar-refractivity contribution in [3.8, 4) is 0 Å². The average Bonchev–Trinajstić information content (AvgIpc) is 2.12. The van der Waals surface area contributed by atoms with Gasteiger partial charge in [-0.25, -0.2) is 9.59 Å². The summed E-state index contributed by atoms with van der Waals surface area (Å²) in [4.78, 5) is 29.4. The van der Waals surface area contributed by atoms with E-state index < -0.39 is 30.1 Å². The van der Waals surface area contributed by atoms with Crippen LogP contribution in [-0.2, 0) is 14.4 Å². The number of carboxylic acid groups (broad SMARTS) is 3. The predicted molar refractivity (Wildman–Crippen MR) is 47.5 cm³/mol. The molecule has 3 atom stereocenters. The summed E-state index contributed by atoms with van der Waals surface area (Å²) in [7, 11) is 0. The molecule has 1 aliphatic rings. The van der Waals surface area contributed by atoms with Gasteiger partial charge in [-0.3, -0.25) is 0 Å². The van der Waals surface area contributed by atoms with Crippen LogP contribution in [0.3, 0.4) is 0 Å². The highest BCUT2D eigenvalue weighted by molar-refractivity contribution is 5.82. The quantitative estimate of drug-likeness (QED) is 0.330. The van der Waals surface area contributed by atoms with Crippen molar-refractivity contribution in [3.05, 3.63) is 0 Å². The summed E-state index contributed by atoms with van der Waals surface area (Å²) in [5.41, 5.74) is 0. The maximum atomic E-state index is 9.95. The van der Waals surface area contributed by atoms with Gasteiger partial charge in [0.05, 0.1) is 18.9 Å². The highest BCUT2D eigenvalue weighted by atomic mass is 16.4. The lowest BCUT2D eigenvalue weighted by molar-refractivity contribution is -0.730. The molecule has 0 aromatic rings. The van der Waals surface area contributed by atoms with E-state index in [1.165, 1.54) is 0 Å². The van der Waals surface area contributed by atoms with E-state index in [1.54, 1.807) is 0 Å². The molecule has 6 N–H and O–H groups in total. The molecule has 17 heavy (non-hydrogen) atoms. The first-order valence-electron chi connectivity index (χ1n) is 4.63. The second-order valence-corrected chi connectivity index (χ2v) is 3.30. The Kier molecular flexibility index (Phi) is 6.10. The molecule has 0 amide bonds. The summed E-state index contributed by atoms with van der Waals surface area (Å²) in [5.74, 6) is -4.50.